The number of carbonyl (C=O) groups is 1. The van der Waals surface area contributed by atoms with Crippen LogP contribution in [0.5, 0.6) is 11.5 Å². The second kappa shape index (κ2) is 10.2. The third-order valence-electron chi connectivity index (χ3n) is 4.67. The van der Waals surface area contributed by atoms with Crippen LogP contribution in [0.15, 0.2) is 29.3 Å². The van der Waals surface area contributed by atoms with Gasteiger partial charge >= 0.3 is 6.36 Å². The Labute approximate surface area is 162 Å². The van der Waals surface area contributed by atoms with Gasteiger partial charge in [-0.3, -0.25) is 9.69 Å². The Morgan fingerprint density at radius 1 is 1.29 bits per heavy atom. The highest BCUT2D eigenvalue weighted by Crippen LogP contribution is 2.33. The highest BCUT2D eigenvalue weighted by molar-refractivity contribution is 5.87. The smallest absolute Gasteiger partial charge is 0.487 e. The number of hydrogen-bond donors (Lipinski definition) is 1. The van der Waals surface area contributed by atoms with Crippen molar-refractivity contribution >= 4 is 12.4 Å². The quantitative estimate of drug-likeness (QED) is 0.409. The minimum Gasteiger partial charge on any atom is -0.487 e. The molecule has 0 aliphatic heterocycles. The molecule has 2 N–H and O–H groups in total. The number of alkyl halides is 3. The van der Waals surface area contributed by atoms with Gasteiger partial charge in [-0.25, -0.2) is 4.99 Å². The monoisotopic (exact) mass is 401 g/mol. The molecule has 9 heteroatoms. The highest BCUT2D eigenvalue weighted by atomic mass is 19.4. The van der Waals surface area contributed by atoms with Crippen molar-refractivity contribution in [3.05, 3.63) is 24.3 Å². The van der Waals surface area contributed by atoms with Crippen molar-refractivity contribution in [2.45, 2.75) is 50.9 Å². The molecule has 0 radical (unpaired) electrons. The van der Waals surface area contributed by atoms with Crippen LogP contribution in [0.3, 0.4) is 0 Å². The number of halogens is 3. The Morgan fingerprint density at radius 3 is 2.54 bits per heavy atom. The lowest BCUT2D eigenvalue weighted by atomic mass is 9.85. The van der Waals surface area contributed by atoms with Crippen LogP contribution < -0.4 is 15.2 Å². The fourth-order valence-corrected chi connectivity index (χ4v) is 3.26. The van der Waals surface area contributed by atoms with Crippen molar-refractivity contribution in [2.24, 2.45) is 16.6 Å². The summed E-state index contributed by atoms with van der Waals surface area (Å²) in [5.74, 6) is 0.0562. The fraction of sp³-hybridized carbons (Fsp3) is 0.579. The van der Waals surface area contributed by atoms with E-state index < -0.39 is 12.1 Å². The molecule has 1 saturated carbocycles. The number of benzene rings is 1. The summed E-state index contributed by atoms with van der Waals surface area (Å²) in [6.07, 6.45) is 2.07. The zero-order valence-corrected chi connectivity index (χ0v) is 15.8. The Kier molecular flexibility index (Phi) is 7.95. The van der Waals surface area contributed by atoms with Gasteiger partial charge in [-0.05, 0) is 24.5 Å². The summed E-state index contributed by atoms with van der Waals surface area (Å²) in [4.78, 5) is 16.4. The van der Waals surface area contributed by atoms with Crippen molar-refractivity contribution in [1.82, 2.24) is 4.90 Å². The van der Waals surface area contributed by atoms with Crippen LogP contribution in [0.1, 0.15) is 38.5 Å². The van der Waals surface area contributed by atoms with E-state index in [-0.39, 0.29) is 24.4 Å². The van der Waals surface area contributed by atoms with Gasteiger partial charge in [0.1, 0.15) is 6.61 Å². The molecule has 1 aliphatic rings. The first-order valence-electron chi connectivity index (χ1n) is 9.27. The van der Waals surface area contributed by atoms with E-state index in [9.17, 15) is 18.0 Å². The van der Waals surface area contributed by atoms with Crippen LogP contribution in [0.4, 0.5) is 13.2 Å². The summed E-state index contributed by atoms with van der Waals surface area (Å²) in [6, 6.07) is 5.21. The third-order valence-corrected chi connectivity index (χ3v) is 4.67. The summed E-state index contributed by atoms with van der Waals surface area (Å²) < 4.78 is 47.3. The van der Waals surface area contributed by atoms with Gasteiger partial charge in [0.05, 0.1) is 6.04 Å². The number of carbonyl (C=O) groups excluding carboxylic acids is 1. The first kappa shape index (κ1) is 21.8. The number of nitrogens with two attached hydrogens (primary N) is 1. The average molecular weight is 401 g/mol. The van der Waals surface area contributed by atoms with E-state index in [4.69, 9.17) is 10.5 Å². The Bertz CT molecular complexity index is 661. The van der Waals surface area contributed by atoms with Crippen LogP contribution in [0, 0.1) is 5.92 Å². The van der Waals surface area contributed by atoms with Gasteiger partial charge in [-0.1, -0.05) is 44.2 Å². The SMILES string of the molecule is CN(C=O)C(N)=NC(COc1ccccc1OC(F)(F)F)CC1CCCCC1. The van der Waals surface area contributed by atoms with Gasteiger partial charge in [0.25, 0.3) is 0 Å². The van der Waals surface area contributed by atoms with Crippen molar-refractivity contribution in [3.63, 3.8) is 0 Å². The van der Waals surface area contributed by atoms with Crippen LogP contribution in [0.2, 0.25) is 0 Å². The number of aliphatic imine (C=N–C) groups is 1. The minimum atomic E-state index is -4.81. The van der Waals surface area contributed by atoms with E-state index in [1.807, 2.05) is 0 Å². The minimum absolute atomic E-state index is 0.0222. The van der Waals surface area contributed by atoms with Crippen LogP contribution in [-0.4, -0.2) is 43.3 Å². The van der Waals surface area contributed by atoms with E-state index >= 15 is 0 Å². The molecule has 0 spiro atoms. The number of guanidine groups is 1. The van der Waals surface area contributed by atoms with Gasteiger partial charge < -0.3 is 15.2 Å². The Hall–Kier alpha value is -2.45. The van der Waals surface area contributed by atoms with E-state index in [1.165, 1.54) is 31.7 Å². The van der Waals surface area contributed by atoms with Crippen LogP contribution >= 0.6 is 0 Å². The molecule has 0 aromatic heterocycles. The van der Waals surface area contributed by atoms with Crippen molar-refractivity contribution in [1.29, 1.82) is 0 Å². The van der Waals surface area contributed by atoms with E-state index in [1.54, 1.807) is 6.07 Å². The zero-order chi connectivity index (χ0) is 20.6. The van der Waals surface area contributed by atoms with Gasteiger partial charge in [0, 0.05) is 7.05 Å². The number of nitrogens with zero attached hydrogens (tertiary/aromatic N) is 2. The molecule has 0 heterocycles. The summed E-state index contributed by atoms with van der Waals surface area (Å²) in [6.45, 7) is 0.0299. The van der Waals surface area contributed by atoms with Crippen molar-refractivity contribution in [2.75, 3.05) is 13.7 Å². The molecule has 1 aliphatic carbocycles. The summed E-state index contributed by atoms with van der Waals surface area (Å²) in [5, 5.41) is 0. The number of hydrogen-bond acceptors (Lipinski definition) is 4. The molecule has 2 rings (SSSR count). The van der Waals surface area contributed by atoms with Gasteiger partial charge in [0.2, 0.25) is 6.41 Å². The van der Waals surface area contributed by atoms with Crippen molar-refractivity contribution in [3.8, 4) is 11.5 Å². The maximum Gasteiger partial charge on any atom is 0.573 e. The van der Waals surface area contributed by atoms with Gasteiger partial charge in [-0.15, -0.1) is 13.2 Å². The topological polar surface area (TPSA) is 77.2 Å². The lowest BCUT2D eigenvalue weighted by Crippen LogP contribution is -2.35. The van der Waals surface area contributed by atoms with E-state index in [2.05, 4.69) is 9.73 Å². The van der Waals surface area contributed by atoms with Gasteiger partial charge in [0.15, 0.2) is 17.5 Å². The average Bonchev–Trinajstić information content (AvgIpc) is 2.66. The Balaban J connectivity index is 2.10. The molecule has 1 unspecified atom stereocenters. The van der Waals surface area contributed by atoms with Crippen molar-refractivity contribution < 1.29 is 27.4 Å². The van der Waals surface area contributed by atoms with Crippen LogP contribution in [-0.2, 0) is 4.79 Å². The third kappa shape index (κ3) is 7.28. The first-order valence-corrected chi connectivity index (χ1v) is 9.27. The number of rotatable bonds is 8. The predicted octanol–water partition coefficient (Wildman–Crippen LogP) is 3.71. The molecule has 156 valence electrons. The molecule has 0 bridgehead atoms. The second-order valence-electron chi connectivity index (χ2n) is 6.90. The number of amides is 1. The fourth-order valence-electron chi connectivity index (χ4n) is 3.26. The van der Waals surface area contributed by atoms with E-state index in [0.29, 0.717) is 18.7 Å². The van der Waals surface area contributed by atoms with Gasteiger partial charge in [-0.2, -0.15) is 0 Å². The summed E-state index contributed by atoms with van der Waals surface area (Å²) in [7, 11) is 1.48. The standard InChI is InChI=1S/C19H26F3N3O3/c1-25(13-26)18(23)24-15(11-14-7-3-2-4-8-14)12-27-16-9-5-6-10-17(16)28-19(20,21)22/h5-6,9-10,13-15H,2-4,7-8,11-12H2,1H3,(H2,23,24). The maximum atomic E-state index is 12.6. The molecule has 28 heavy (non-hydrogen) atoms. The molecular weight excluding hydrogens is 375 g/mol. The lowest BCUT2D eigenvalue weighted by Gasteiger charge is -2.25. The number of para-hydroxylation sites is 2. The largest absolute Gasteiger partial charge is 0.573 e. The lowest BCUT2D eigenvalue weighted by molar-refractivity contribution is -0.275. The molecule has 1 fully saturated rings. The normalized spacial score (nSPS) is 17.1. The molecular formula is C19H26F3N3O3. The molecule has 0 saturated heterocycles. The van der Waals surface area contributed by atoms with E-state index in [0.717, 1.165) is 30.6 Å². The molecule has 6 nitrogen and oxygen atoms in total. The maximum absolute atomic E-state index is 12.6. The highest BCUT2D eigenvalue weighted by Gasteiger charge is 2.32. The zero-order valence-electron chi connectivity index (χ0n) is 15.8. The van der Waals surface area contributed by atoms with Crippen LogP contribution in [0.25, 0.3) is 0 Å². The molecule has 1 atom stereocenters. The molecule has 1 amide bonds. The molecule has 1 aromatic rings. The summed E-state index contributed by atoms with van der Waals surface area (Å²) >= 11 is 0. The molecule has 1 aromatic carbocycles. The number of ether oxygens (including phenoxy) is 2. The Morgan fingerprint density at radius 2 is 1.93 bits per heavy atom. The first-order chi connectivity index (χ1) is 13.3. The second-order valence-corrected chi connectivity index (χ2v) is 6.90. The predicted molar refractivity (Wildman–Crippen MR) is 99.0 cm³/mol. The summed E-state index contributed by atoms with van der Waals surface area (Å²) in [5.41, 5.74) is 5.83.